The van der Waals surface area contributed by atoms with Crippen molar-refractivity contribution in [3.63, 3.8) is 0 Å². The third-order valence-corrected chi connectivity index (χ3v) is 3.79. The molecule has 10 heteroatoms. The van der Waals surface area contributed by atoms with Crippen LogP contribution in [0.5, 0.6) is 0 Å². The molecule has 1 atom stereocenters. The van der Waals surface area contributed by atoms with Crippen molar-refractivity contribution in [2.24, 2.45) is 0 Å². The van der Waals surface area contributed by atoms with Crippen LogP contribution in [-0.2, 0) is 25.5 Å². The van der Waals surface area contributed by atoms with Crippen molar-refractivity contribution in [3.05, 3.63) is 22.4 Å². The number of halogens is 1. The molecule has 1 unspecified atom stereocenters. The Morgan fingerprint density at radius 3 is 1.97 bits per heavy atom. The second-order valence-corrected chi connectivity index (χ2v) is 9.14. The lowest BCUT2D eigenvalue weighted by Crippen LogP contribution is -2.53. The average molecular weight is 475 g/mol. The fraction of sp³-hybridized carbons (Fsp3) is 0.579. The monoisotopic (exact) mass is 474 g/mol. The van der Waals surface area contributed by atoms with Gasteiger partial charge in [-0.2, -0.15) is 4.90 Å². The fourth-order valence-electron chi connectivity index (χ4n) is 2.28. The number of carbonyl (C=O) groups is 4. The van der Waals surface area contributed by atoms with Gasteiger partial charge in [-0.3, -0.25) is 4.79 Å². The first-order valence-corrected chi connectivity index (χ1v) is 9.61. The van der Waals surface area contributed by atoms with Crippen LogP contribution in [0.2, 0.25) is 0 Å². The van der Waals surface area contributed by atoms with Gasteiger partial charge in [0, 0.05) is 10.7 Å². The Balaban J connectivity index is 3.41. The number of esters is 1. The van der Waals surface area contributed by atoms with Crippen LogP contribution in [-0.4, -0.2) is 58.3 Å². The van der Waals surface area contributed by atoms with Crippen LogP contribution in [0.15, 0.2) is 16.7 Å². The molecule has 0 fully saturated rings. The molecule has 1 heterocycles. The van der Waals surface area contributed by atoms with Crippen molar-refractivity contribution >= 4 is 40.4 Å². The Kier molecular flexibility index (Phi) is 8.02. The molecule has 0 saturated heterocycles. The number of rotatable bonds is 5. The zero-order valence-corrected chi connectivity index (χ0v) is 19.2. The van der Waals surface area contributed by atoms with Gasteiger partial charge in [0.2, 0.25) is 0 Å². The first-order chi connectivity index (χ1) is 13.2. The SMILES string of the molecule is COC(=O)C(Cn1cc(Br)cc1C=O)N(C(=O)OC(C)(C)C)C(=O)OC(C)(C)C. The van der Waals surface area contributed by atoms with Crippen molar-refractivity contribution in [2.75, 3.05) is 7.11 Å². The molecule has 0 radical (unpaired) electrons. The summed E-state index contributed by atoms with van der Waals surface area (Å²) in [7, 11) is 1.13. The largest absolute Gasteiger partial charge is 0.467 e. The van der Waals surface area contributed by atoms with Gasteiger partial charge >= 0.3 is 18.2 Å². The minimum Gasteiger partial charge on any atom is -0.467 e. The summed E-state index contributed by atoms with van der Waals surface area (Å²) in [6, 6.07) is 0.106. The van der Waals surface area contributed by atoms with Crippen molar-refractivity contribution in [3.8, 4) is 0 Å². The van der Waals surface area contributed by atoms with Crippen LogP contribution >= 0.6 is 15.9 Å². The summed E-state index contributed by atoms with van der Waals surface area (Å²) in [5, 5.41) is 0. The Bertz CT molecular complexity index is 747. The Morgan fingerprint density at radius 2 is 1.59 bits per heavy atom. The summed E-state index contributed by atoms with van der Waals surface area (Å²) in [6.45, 7) is 9.51. The van der Waals surface area contributed by atoms with E-state index in [9.17, 15) is 19.2 Å². The zero-order valence-electron chi connectivity index (χ0n) is 17.6. The summed E-state index contributed by atoms with van der Waals surface area (Å²) in [5.74, 6) is -0.872. The maximum Gasteiger partial charge on any atom is 0.420 e. The first kappa shape index (κ1) is 24.7. The smallest absolute Gasteiger partial charge is 0.420 e. The molecule has 9 nitrogen and oxygen atoms in total. The third kappa shape index (κ3) is 7.52. The molecule has 29 heavy (non-hydrogen) atoms. The topological polar surface area (TPSA) is 104 Å². The van der Waals surface area contributed by atoms with E-state index in [1.165, 1.54) is 10.6 Å². The van der Waals surface area contributed by atoms with Gasteiger partial charge in [-0.15, -0.1) is 0 Å². The van der Waals surface area contributed by atoms with E-state index in [4.69, 9.17) is 14.2 Å². The van der Waals surface area contributed by atoms with Crippen LogP contribution in [0.1, 0.15) is 52.0 Å². The van der Waals surface area contributed by atoms with Crippen LogP contribution in [0, 0.1) is 0 Å². The molecule has 0 bridgehead atoms. The van der Waals surface area contributed by atoms with Gasteiger partial charge in [0.05, 0.1) is 19.3 Å². The number of ether oxygens (including phenoxy) is 3. The fourth-order valence-corrected chi connectivity index (χ4v) is 2.76. The standard InChI is InChI=1S/C19H27BrN2O7/c1-18(2,3)28-16(25)22(17(26)29-19(4,5)6)14(15(24)27-7)10-21-9-12(20)8-13(21)11-23/h8-9,11,14H,10H2,1-7H3. The molecule has 0 aromatic carbocycles. The van der Waals surface area contributed by atoms with Gasteiger partial charge in [0.1, 0.15) is 11.2 Å². The van der Waals surface area contributed by atoms with E-state index in [-0.39, 0.29) is 12.2 Å². The number of amides is 2. The predicted molar refractivity (Wildman–Crippen MR) is 108 cm³/mol. The molecule has 2 amide bonds. The molecule has 0 spiro atoms. The van der Waals surface area contributed by atoms with E-state index in [0.717, 1.165) is 7.11 Å². The van der Waals surface area contributed by atoms with Crippen molar-refractivity contribution < 1.29 is 33.4 Å². The summed E-state index contributed by atoms with van der Waals surface area (Å²) >= 11 is 3.25. The van der Waals surface area contributed by atoms with E-state index in [0.29, 0.717) is 15.7 Å². The highest BCUT2D eigenvalue weighted by atomic mass is 79.9. The maximum absolute atomic E-state index is 12.8. The van der Waals surface area contributed by atoms with E-state index in [1.54, 1.807) is 47.7 Å². The second-order valence-electron chi connectivity index (χ2n) is 8.22. The number of hydrogen-bond donors (Lipinski definition) is 0. The van der Waals surface area contributed by atoms with Crippen LogP contribution in [0.3, 0.4) is 0 Å². The normalized spacial score (nSPS) is 12.7. The van der Waals surface area contributed by atoms with Gasteiger partial charge in [0.15, 0.2) is 12.3 Å². The molecule has 0 aliphatic heterocycles. The predicted octanol–water partition coefficient (Wildman–Crippen LogP) is 3.78. The Hall–Kier alpha value is -2.36. The van der Waals surface area contributed by atoms with Gasteiger partial charge in [-0.1, -0.05) is 0 Å². The summed E-state index contributed by atoms with van der Waals surface area (Å²) in [5.41, 5.74) is -1.62. The van der Waals surface area contributed by atoms with Crippen molar-refractivity contribution in [1.82, 2.24) is 9.47 Å². The summed E-state index contributed by atoms with van der Waals surface area (Å²) in [6.07, 6.45) is -0.00562. The average Bonchev–Trinajstić information content (AvgIpc) is 2.89. The van der Waals surface area contributed by atoms with Crippen LogP contribution in [0.25, 0.3) is 0 Å². The highest BCUT2D eigenvalue weighted by Crippen LogP contribution is 2.20. The Labute approximate surface area is 178 Å². The number of aldehydes is 1. The summed E-state index contributed by atoms with van der Waals surface area (Å²) < 4.78 is 17.4. The van der Waals surface area contributed by atoms with E-state index < -0.39 is 35.4 Å². The maximum atomic E-state index is 12.8. The minimum atomic E-state index is -1.43. The molecule has 1 rings (SSSR count). The van der Waals surface area contributed by atoms with E-state index >= 15 is 0 Å². The van der Waals surface area contributed by atoms with E-state index in [2.05, 4.69) is 15.9 Å². The highest BCUT2D eigenvalue weighted by molar-refractivity contribution is 9.10. The lowest BCUT2D eigenvalue weighted by Gasteiger charge is -2.32. The number of aromatic nitrogens is 1. The van der Waals surface area contributed by atoms with Crippen LogP contribution in [0.4, 0.5) is 9.59 Å². The van der Waals surface area contributed by atoms with E-state index in [1.807, 2.05) is 0 Å². The van der Waals surface area contributed by atoms with Gasteiger partial charge in [-0.25, -0.2) is 14.4 Å². The molecule has 162 valence electrons. The lowest BCUT2D eigenvalue weighted by atomic mass is 10.2. The lowest BCUT2D eigenvalue weighted by molar-refractivity contribution is -0.147. The zero-order chi connectivity index (χ0) is 22.6. The van der Waals surface area contributed by atoms with Crippen LogP contribution < -0.4 is 0 Å². The molecule has 1 aromatic heterocycles. The molecule has 0 N–H and O–H groups in total. The number of imide groups is 1. The molecule has 0 aliphatic carbocycles. The molecular weight excluding hydrogens is 448 g/mol. The highest BCUT2D eigenvalue weighted by Gasteiger charge is 2.41. The van der Waals surface area contributed by atoms with Gasteiger partial charge < -0.3 is 18.8 Å². The van der Waals surface area contributed by atoms with Gasteiger partial charge in [0.25, 0.3) is 0 Å². The van der Waals surface area contributed by atoms with Crippen molar-refractivity contribution in [1.29, 1.82) is 0 Å². The third-order valence-electron chi connectivity index (χ3n) is 3.35. The van der Waals surface area contributed by atoms with Crippen molar-refractivity contribution in [2.45, 2.75) is 65.3 Å². The molecule has 1 aromatic rings. The molecule has 0 saturated carbocycles. The first-order valence-electron chi connectivity index (χ1n) is 8.82. The van der Waals surface area contributed by atoms with Gasteiger partial charge in [-0.05, 0) is 63.5 Å². The number of methoxy groups -OCH3 is 1. The number of nitrogens with zero attached hydrogens (tertiary/aromatic N) is 2. The molecule has 0 aliphatic rings. The quantitative estimate of drug-likeness (QED) is 0.363. The minimum absolute atomic E-state index is 0.231. The second kappa shape index (κ2) is 9.43. The summed E-state index contributed by atoms with van der Waals surface area (Å²) in [4.78, 5) is 50.0. The number of carbonyl (C=O) groups excluding carboxylic acids is 4. The number of hydrogen-bond acceptors (Lipinski definition) is 7. The Morgan fingerprint density at radius 1 is 1.10 bits per heavy atom. The molecular formula is C19H27BrN2O7.